The Kier molecular flexibility index (Phi) is 3.44. The van der Waals surface area contributed by atoms with Crippen LogP contribution in [0.3, 0.4) is 0 Å². The molecule has 1 unspecified atom stereocenters. The van der Waals surface area contributed by atoms with Gasteiger partial charge in [0, 0.05) is 18.4 Å². The topological polar surface area (TPSA) is 40.6 Å². The van der Waals surface area contributed by atoms with E-state index in [4.69, 9.17) is 25.8 Å². The van der Waals surface area contributed by atoms with Crippen molar-refractivity contribution >= 4 is 22.5 Å². The molecule has 3 rings (SSSR count). The number of ether oxygens (including phenoxy) is 3. The third-order valence-electron chi connectivity index (χ3n) is 3.16. The highest BCUT2D eigenvalue weighted by Crippen LogP contribution is 2.39. The fourth-order valence-corrected chi connectivity index (χ4v) is 2.28. The zero-order valence-electron chi connectivity index (χ0n) is 10.6. The predicted molar refractivity (Wildman–Crippen MR) is 73.2 cm³/mol. The number of rotatable bonds is 4. The van der Waals surface area contributed by atoms with Gasteiger partial charge in [-0.3, -0.25) is 0 Å². The molecule has 0 N–H and O–H groups in total. The molecule has 2 heterocycles. The van der Waals surface area contributed by atoms with Crippen molar-refractivity contribution in [2.24, 2.45) is 0 Å². The molecule has 1 fully saturated rings. The summed E-state index contributed by atoms with van der Waals surface area (Å²) < 4.78 is 16.3. The SMILES string of the molecule is COc1nc2ccccc2c(Cl)c1OCC1CCO1. The first-order chi connectivity index (χ1) is 9.29. The van der Waals surface area contributed by atoms with Gasteiger partial charge in [0.25, 0.3) is 5.88 Å². The van der Waals surface area contributed by atoms with Crippen molar-refractivity contribution < 1.29 is 14.2 Å². The zero-order valence-corrected chi connectivity index (χ0v) is 11.3. The van der Waals surface area contributed by atoms with Crippen LogP contribution in [0.2, 0.25) is 5.02 Å². The van der Waals surface area contributed by atoms with Crippen LogP contribution >= 0.6 is 11.6 Å². The highest BCUT2D eigenvalue weighted by Gasteiger charge is 2.22. The van der Waals surface area contributed by atoms with E-state index in [9.17, 15) is 0 Å². The van der Waals surface area contributed by atoms with Gasteiger partial charge in [-0.15, -0.1) is 0 Å². The second-order valence-electron chi connectivity index (χ2n) is 4.37. The maximum atomic E-state index is 6.38. The molecule has 4 nitrogen and oxygen atoms in total. The minimum Gasteiger partial charge on any atom is -0.484 e. The van der Waals surface area contributed by atoms with Crippen molar-refractivity contribution in [1.29, 1.82) is 0 Å². The van der Waals surface area contributed by atoms with E-state index in [1.165, 1.54) is 0 Å². The Labute approximate surface area is 116 Å². The van der Waals surface area contributed by atoms with Crippen LogP contribution in [0.1, 0.15) is 6.42 Å². The van der Waals surface area contributed by atoms with E-state index in [0.717, 1.165) is 23.9 Å². The Morgan fingerprint density at radius 2 is 2.21 bits per heavy atom. The van der Waals surface area contributed by atoms with Gasteiger partial charge in [0.05, 0.1) is 23.8 Å². The van der Waals surface area contributed by atoms with E-state index >= 15 is 0 Å². The number of halogens is 1. The average molecular weight is 280 g/mol. The van der Waals surface area contributed by atoms with Gasteiger partial charge in [-0.05, 0) is 6.07 Å². The summed E-state index contributed by atoms with van der Waals surface area (Å²) in [5.74, 6) is 0.890. The van der Waals surface area contributed by atoms with Crippen molar-refractivity contribution in [2.75, 3.05) is 20.3 Å². The van der Waals surface area contributed by atoms with Crippen molar-refractivity contribution in [3.05, 3.63) is 29.3 Å². The highest BCUT2D eigenvalue weighted by molar-refractivity contribution is 6.37. The van der Waals surface area contributed by atoms with E-state index in [1.54, 1.807) is 7.11 Å². The lowest BCUT2D eigenvalue weighted by atomic mass is 10.2. The third-order valence-corrected chi connectivity index (χ3v) is 3.53. The molecule has 0 spiro atoms. The monoisotopic (exact) mass is 279 g/mol. The molecule has 0 saturated carbocycles. The van der Waals surface area contributed by atoms with E-state index < -0.39 is 0 Å². The fraction of sp³-hybridized carbons (Fsp3) is 0.357. The number of para-hydroxylation sites is 1. The van der Waals surface area contributed by atoms with Crippen LogP contribution in [-0.4, -0.2) is 31.4 Å². The van der Waals surface area contributed by atoms with E-state index in [0.29, 0.717) is 23.3 Å². The van der Waals surface area contributed by atoms with Crippen LogP contribution in [0.15, 0.2) is 24.3 Å². The Morgan fingerprint density at radius 1 is 1.42 bits per heavy atom. The van der Waals surface area contributed by atoms with Crippen molar-refractivity contribution in [2.45, 2.75) is 12.5 Å². The molecule has 100 valence electrons. The molecule has 1 atom stereocenters. The fourth-order valence-electron chi connectivity index (χ4n) is 1.99. The largest absolute Gasteiger partial charge is 0.484 e. The van der Waals surface area contributed by atoms with Gasteiger partial charge in [-0.25, -0.2) is 4.98 Å². The summed E-state index contributed by atoms with van der Waals surface area (Å²) in [5.41, 5.74) is 0.789. The quantitative estimate of drug-likeness (QED) is 0.862. The number of methoxy groups -OCH3 is 1. The molecule has 1 aliphatic rings. The second-order valence-corrected chi connectivity index (χ2v) is 4.75. The second kappa shape index (κ2) is 5.23. The molecule has 1 aromatic heterocycles. The molecule has 2 aromatic rings. The lowest BCUT2D eigenvalue weighted by Gasteiger charge is -2.26. The predicted octanol–water partition coefficient (Wildman–Crippen LogP) is 3.06. The Balaban J connectivity index is 1.97. The maximum absolute atomic E-state index is 6.38. The van der Waals surface area contributed by atoms with Crippen LogP contribution < -0.4 is 9.47 Å². The van der Waals surface area contributed by atoms with Gasteiger partial charge >= 0.3 is 0 Å². The number of fused-ring (bicyclic) bond motifs is 1. The van der Waals surface area contributed by atoms with Gasteiger partial charge in [0.1, 0.15) is 6.61 Å². The molecule has 1 aromatic carbocycles. The Morgan fingerprint density at radius 3 is 2.89 bits per heavy atom. The normalized spacial score (nSPS) is 18.1. The molecule has 0 amide bonds. The Bertz CT molecular complexity index is 599. The zero-order chi connectivity index (χ0) is 13.2. The van der Waals surface area contributed by atoms with Crippen LogP contribution in [0.5, 0.6) is 11.6 Å². The van der Waals surface area contributed by atoms with Gasteiger partial charge in [-0.1, -0.05) is 29.8 Å². The third kappa shape index (κ3) is 2.33. The minimum atomic E-state index is 0.146. The summed E-state index contributed by atoms with van der Waals surface area (Å²) in [6, 6.07) is 7.63. The number of benzene rings is 1. The smallest absolute Gasteiger partial charge is 0.258 e. The molecule has 19 heavy (non-hydrogen) atoms. The summed E-state index contributed by atoms with van der Waals surface area (Å²) in [7, 11) is 1.56. The number of aromatic nitrogens is 1. The van der Waals surface area contributed by atoms with Crippen LogP contribution in [0.25, 0.3) is 10.9 Å². The van der Waals surface area contributed by atoms with Gasteiger partial charge < -0.3 is 14.2 Å². The summed E-state index contributed by atoms with van der Waals surface area (Å²) in [6.45, 7) is 1.27. The molecular formula is C14H14ClNO3. The van der Waals surface area contributed by atoms with Crippen molar-refractivity contribution in [3.8, 4) is 11.6 Å². The molecule has 5 heteroatoms. The van der Waals surface area contributed by atoms with Crippen molar-refractivity contribution in [3.63, 3.8) is 0 Å². The standard InChI is InChI=1S/C14H14ClNO3/c1-17-14-13(19-8-9-6-7-18-9)12(15)10-4-2-3-5-11(10)16-14/h2-5,9H,6-8H2,1H3. The van der Waals surface area contributed by atoms with Gasteiger partial charge in [-0.2, -0.15) is 0 Å². The Hall–Kier alpha value is -1.52. The lowest BCUT2D eigenvalue weighted by molar-refractivity contribution is -0.0723. The lowest BCUT2D eigenvalue weighted by Crippen LogP contribution is -2.32. The first-order valence-corrected chi connectivity index (χ1v) is 6.54. The van der Waals surface area contributed by atoms with E-state index in [-0.39, 0.29) is 6.10 Å². The molecule has 0 bridgehead atoms. The molecule has 0 aliphatic carbocycles. The molecule has 1 saturated heterocycles. The number of hydrogen-bond acceptors (Lipinski definition) is 4. The number of nitrogens with zero attached hydrogens (tertiary/aromatic N) is 1. The molecule has 0 radical (unpaired) electrons. The van der Waals surface area contributed by atoms with Crippen LogP contribution in [0.4, 0.5) is 0 Å². The number of hydrogen-bond donors (Lipinski definition) is 0. The van der Waals surface area contributed by atoms with Gasteiger partial charge in [0.15, 0.2) is 0 Å². The van der Waals surface area contributed by atoms with Crippen LogP contribution in [-0.2, 0) is 4.74 Å². The minimum absolute atomic E-state index is 0.146. The maximum Gasteiger partial charge on any atom is 0.258 e. The molecular weight excluding hydrogens is 266 g/mol. The summed E-state index contributed by atoms with van der Waals surface area (Å²) in [4.78, 5) is 4.40. The summed E-state index contributed by atoms with van der Waals surface area (Å²) in [5, 5.41) is 1.39. The average Bonchev–Trinajstić information content (AvgIpc) is 2.39. The molecule has 1 aliphatic heterocycles. The van der Waals surface area contributed by atoms with Crippen molar-refractivity contribution in [1.82, 2.24) is 4.98 Å². The number of pyridine rings is 1. The first kappa shape index (κ1) is 12.5. The highest BCUT2D eigenvalue weighted by atomic mass is 35.5. The first-order valence-electron chi connectivity index (χ1n) is 6.16. The van der Waals surface area contributed by atoms with Crippen LogP contribution in [0, 0.1) is 0 Å². The summed E-state index contributed by atoms with van der Waals surface area (Å²) in [6.07, 6.45) is 1.16. The van der Waals surface area contributed by atoms with E-state index in [1.807, 2.05) is 24.3 Å². The van der Waals surface area contributed by atoms with E-state index in [2.05, 4.69) is 4.98 Å². The van der Waals surface area contributed by atoms with Gasteiger partial charge in [0.2, 0.25) is 5.75 Å². The summed E-state index contributed by atoms with van der Waals surface area (Å²) >= 11 is 6.38.